The molecule has 0 aliphatic rings. The molecule has 0 amide bonds. The van der Waals surface area contributed by atoms with Gasteiger partial charge in [0.1, 0.15) is 5.65 Å². The minimum Gasteiger partial charge on any atom is -0.329 e. The lowest BCUT2D eigenvalue weighted by Crippen LogP contribution is -2.18. The van der Waals surface area contributed by atoms with E-state index in [4.69, 9.17) is 0 Å². The number of aromatic nitrogens is 2. The number of hydrogen-bond donors (Lipinski definition) is 0. The molecular weight excluding hydrogens is 256 g/mol. The van der Waals surface area contributed by atoms with Gasteiger partial charge in [0.05, 0.1) is 0 Å². The monoisotopic (exact) mass is 278 g/mol. The maximum Gasteiger partial charge on any atom is 0.140 e. The Morgan fingerprint density at radius 1 is 1.00 bits per heavy atom. The number of hydrogen-bond acceptors (Lipinski definition) is 1. The molecule has 0 saturated heterocycles. The molecule has 0 bridgehead atoms. The summed E-state index contributed by atoms with van der Waals surface area (Å²) in [5.74, 6) is 0. The number of nitrogens with zero attached hydrogens (tertiary/aromatic N) is 2. The Kier molecular flexibility index (Phi) is 3.54. The van der Waals surface area contributed by atoms with Crippen LogP contribution in [0.25, 0.3) is 11.0 Å². The van der Waals surface area contributed by atoms with Crippen LogP contribution in [0.5, 0.6) is 0 Å². The summed E-state index contributed by atoms with van der Waals surface area (Å²) in [6.45, 7) is 7.76. The van der Waals surface area contributed by atoms with E-state index in [1.54, 1.807) is 0 Å². The molecule has 2 heteroatoms. The third-order valence-electron chi connectivity index (χ3n) is 3.89. The lowest BCUT2D eigenvalue weighted by atomic mass is 9.92. The summed E-state index contributed by atoms with van der Waals surface area (Å²) in [5, 5.41) is 1.23. The van der Waals surface area contributed by atoms with Crippen LogP contribution in [0.3, 0.4) is 0 Å². The number of benzene rings is 1. The molecule has 0 aliphatic heterocycles. The summed E-state index contributed by atoms with van der Waals surface area (Å²) in [6.07, 6.45) is 2.91. The van der Waals surface area contributed by atoms with Crippen LogP contribution in [0.15, 0.2) is 54.7 Å². The molecule has 0 unspecified atom stereocenters. The molecular formula is C19H22N2. The van der Waals surface area contributed by atoms with Gasteiger partial charge in [-0.25, -0.2) is 4.98 Å². The van der Waals surface area contributed by atoms with E-state index in [-0.39, 0.29) is 5.41 Å². The fourth-order valence-electron chi connectivity index (χ4n) is 2.82. The molecule has 3 aromatic rings. The van der Waals surface area contributed by atoms with Gasteiger partial charge in [-0.3, -0.25) is 0 Å². The SMILES string of the molecule is CC(C)(C)c1cc2cccnc2n1CCc1ccccc1. The molecule has 2 nitrogen and oxygen atoms in total. The van der Waals surface area contributed by atoms with Gasteiger partial charge in [-0.15, -0.1) is 0 Å². The highest BCUT2D eigenvalue weighted by Crippen LogP contribution is 2.28. The zero-order valence-electron chi connectivity index (χ0n) is 13.0. The Morgan fingerprint density at radius 3 is 2.48 bits per heavy atom. The second-order valence-corrected chi connectivity index (χ2v) is 6.58. The topological polar surface area (TPSA) is 17.8 Å². The first-order valence-electron chi connectivity index (χ1n) is 7.54. The molecule has 0 atom stereocenters. The predicted octanol–water partition coefficient (Wildman–Crippen LogP) is 4.58. The highest BCUT2D eigenvalue weighted by Gasteiger charge is 2.21. The lowest BCUT2D eigenvalue weighted by molar-refractivity contribution is 0.521. The molecule has 1 aromatic carbocycles. The zero-order chi connectivity index (χ0) is 14.9. The third-order valence-corrected chi connectivity index (χ3v) is 3.89. The number of rotatable bonds is 3. The van der Waals surface area contributed by atoms with Crippen molar-refractivity contribution in [1.82, 2.24) is 9.55 Å². The van der Waals surface area contributed by atoms with Crippen molar-refractivity contribution in [2.24, 2.45) is 0 Å². The molecule has 21 heavy (non-hydrogen) atoms. The van der Waals surface area contributed by atoms with Crippen LogP contribution in [0.2, 0.25) is 0 Å². The van der Waals surface area contributed by atoms with Crippen LogP contribution in [-0.4, -0.2) is 9.55 Å². The van der Waals surface area contributed by atoms with Gasteiger partial charge in [0, 0.05) is 29.2 Å². The predicted molar refractivity (Wildman–Crippen MR) is 88.6 cm³/mol. The van der Waals surface area contributed by atoms with Crippen molar-refractivity contribution in [3.8, 4) is 0 Å². The van der Waals surface area contributed by atoms with E-state index < -0.39 is 0 Å². The first-order chi connectivity index (χ1) is 10.1. The molecule has 0 saturated carbocycles. The van der Waals surface area contributed by atoms with Crippen molar-refractivity contribution in [2.75, 3.05) is 0 Å². The van der Waals surface area contributed by atoms with E-state index in [1.807, 2.05) is 12.3 Å². The van der Waals surface area contributed by atoms with E-state index >= 15 is 0 Å². The Bertz CT molecular complexity index is 733. The maximum atomic E-state index is 4.59. The molecule has 3 rings (SSSR count). The van der Waals surface area contributed by atoms with Crippen LogP contribution in [0.4, 0.5) is 0 Å². The summed E-state index contributed by atoms with van der Waals surface area (Å²) < 4.78 is 2.38. The summed E-state index contributed by atoms with van der Waals surface area (Å²) in [5.41, 5.74) is 3.94. The molecule has 0 aliphatic carbocycles. The molecule has 0 radical (unpaired) electrons. The van der Waals surface area contributed by atoms with Crippen LogP contribution in [0.1, 0.15) is 32.0 Å². The zero-order valence-corrected chi connectivity index (χ0v) is 13.0. The molecule has 108 valence electrons. The first kappa shape index (κ1) is 13.9. The van der Waals surface area contributed by atoms with E-state index in [9.17, 15) is 0 Å². The van der Waals surface area contributed by atoms with E-state index in [1.165, 1.54) is 16.6 Å². The van der Waals surface area contributed by atoms with Gasteiger partial charge >= 0.3 is 0 Å². The van der Waals surface area contributed by atoms with Gasteiger partial charge in [-0.05, 0) is 30.2 Å². The number of pyridine rings is 1. The molecule has 2 heterocycles. The second kappa shape index (κ2) is 5.36. The molecule has 0 fully saturated rings. The second-order valence-electron chi connectivity index (χ2n) is 6.58. The van der Waals surface area contributed by atoms with Gasteiger partial charge < -0.3 is 4.57 Å². The Labute approximate surface area is 126 Å². The van der Waals surface area contributed by atoms with Crippen molar-refractivity contribution in [2.45, 2.75) is 39.2 Å². The lowest BCUT2D eigenvalue weighted by Gasteiger charge is -2.21. The van der Waals surface area contributed by atoms with E-state index in [0.717, 1.165) is 18.6 Å². The van der Waals surface area contributed by atoms with Crippen molar-refractivity contribution in [1.29, 1.82) is 0 Å². The maximum absolute atomic E-state index is 4.59. The molecule has 2 aromatic heterocycles. The van der Waals surface area contributed by atoms with Gasteiger partial charge in [-0.2, -0.15) is 0 Å². The van der Waals surface area contributed by atoms with Gasteiger partial charge in [-0.1, -0.05) is 51.1 Å². The summed E-state index contributed by atoms with van der Waals surface area (Å²) in [7, 11) is 0. The average Bonchev–Trinajstić information content (AvgIpc) is 2.85. The summed E-state index contributed by atoms with van der Waals surface area (Å²) in [6, 6.07) is 17.1. The normalized spacial score (nSPS) is 12.0. The average molecular weight is 278 g/mol. The minimum atomic E-state index is 0.122. The van der Waals surface area contributed by atoms with E-state index in [2.05, 4.69) is 72.8 Å². The summed E-state index contributed by atoms with van der Waals surface area (Å²) in [4.78, 5) is 4.59. The number of fused-ring (bicyclic) bond motifs is 1. The fourth-order valence-corrected chi connectivity index (χ4v) is 2.82. The third kappa shape index (κ3) is 2.85. The van der Waals surface area contributed by atoms with Crippen LogP contribution >= 0.6 is 0 Å². The largest absolute Gasteiger partial charge is 0.329 e. The van der Waals surface area contributed by atoms with Crippen molar-refractivity contribution in [3.63, 3.8) is 0 Å². The Balaban J connectivity index is 1.99. The van der Waals surface area contributed by atoms with Gasteiger partial charge in [0.25, 0.3) is 0 Å². The van der Waals surface area contributed by atoms with Crippen molar-refractivity contribution >= 4 is 11.0 Å². The highest BCUT2D eigenvalue weighted by molar-refractivity contribution is 5.77. The van der Waals surface area contributed by atoms with Gasteiger partial charge in [0.15, 0.2) is 0 Å². The van der Waals surface area contributed by atoms with Crippen LogP contribution < -0.4 is 0 Å². The van der Waals surface area contributed by atoms with E-state index in [0.29, 0.717) is 0 Å². The van der Waals surface area contributed by atoms with Crippen LogP contribution in [0, 0.1) is 0 Å². The highest BCUT2D eigenvalue weighted by atomic mass is 15.0. The standard InChI is InChI=1S/C19H22N2/c1-19(2,3)17-14-16-10-7-12-20-18(16)21(17)13-11-15-8-5-4-6-9-15/h4-10,12,14H,11,13H2,1-3H3. The van der Waals surface area contributed by atoms with Crippen molar-refractivity contribution < 1.29 is 0 Å². The summed E-state index contributed by atoms with van der Waals surface area (Å²) >= 11 is 0. The molecule has 0 spiro atoms. The quantitative estimate of drug-likeness (QED) is 0.686. The first-order valence-corrected chi connectivity index (χ1v) is 7.54. The number of aryl methyl sites for hydroxylation is 2. The van der Waals surface area contributed by atoms with Crippen LogP contribution in [-0.2, 0) is 18.4 Å². The minimum absolute atomic E-state index is 0.122. The Morgan fingerprint density at radius 2 is 1.76 bits per heavy atom. The van der Waals surface area contributed by atoms with Gasteiger partial charge in [0.2, 0.25) is 0 Å². The Hall–Kier alpha value is -2.09. The fraction of sp³-hybridized carbons (Fsp3) is 0.316. The smallest absolute Gasteiger partial charge is 0.140 e. The van der Waals surface area contributed by atoms with Crippen molar-refractivity contribution in [3.05, 3.63) is 66.0 Å². The molecule has 0 N–H and O–H groups in total.